The fourth-order valence-corrected chi connectivity index (χ4v) is 6.14. The highest BCUT2D eigenvalue weighted by atomic mass is 32.1. The van der Waals surface area contributed by atoms with E-state index in [9.17, 15) is 18.0 Å². The molecular weight excluding hydrogens is 535 g/mol. The summed E-state index contributed by atoms with van der Waals surface area (Å²) in [5.74, 6) is -1.06. The summed E-state index contributed by atoms with van der Waals surface area (Å²) in [6, 6.07) is 13.6. The Morgan fingerprint density at radius 1 is 1.07 bits per heavy atom. The van der Waals surface area contributed by atoms with Crippen molar-refractivity contribution in [1.82, 2.24) is 19.4 Å². The molecule has 1 saturated heterocycles. The first-order valence-electron chi connectivity index (χ1n) is 13.6. The number of hydrogen-bond acceptors (Lipinski definition) is 5. The van der Waals surface area contributed by atoms with Crippen LogP contribution in [-0.4, -0.2) is 58.5 Å². The zero-order valence-corrected chi connectivity index (χ0v) is 24.1. The number of carbonyl (C=O) groups excluding carboxylic acids is 1. The molecule has 1 atom stereocenters. The number of fused-ring (bicyclic) bond motifs is 1. The van der Waals surface area contributed by atoms with Gasteiger partial charge in [0.15, 0.2) is 0 Å². The maximum atomic E-state index is 13.6. The van der Waals surface area contributed by atoms with Crippen LogP contribution in [0.2, 0.25) is 0 Å². The number of nitrogens with two attached hydrogens (primary N) is 1. The first-order chi connectivity index (χ1) is 19.1. The van der Waals surface area contributed by atoms with Crippen LogP contribution in [0.3, 0.4) is 0 Å². The highest BCUT2D eigenvalue weighted by molar-refractivity contribution is 7.16. The predicted octanol–water partition coefficient (Wildman–Crippen LogP) is 6.32. The Labute approximate surface area is 237 Å². The van der Waals surface area contributed by atoms with Gasteiger partial charge in [0.1, 0.15) is 11.3 Å². The summed E-state index contributed by atoms with van der Waals surface area (Å²) in [4.78, 5) is 22.0. The van der Waals surface area contributed by atoms with Crippen molar-refractivity contribution in [2.45, 2.75) is 45.8 Å². The van der Waals surface area contributed by atoms with Crippen molar-refractivity contribution in [1.29, 1.82) is 0 Å². The molecular formula is C30H36F3N5OS. The number of likely N-dealkylation sites (N-methyl/N-ethyl adjacent to an activating group) is 1. The summed E-state index contributed by atoms with van der Waals surface area (Å²) in [6.45, 7) is 10.7. The Kier molecular flexibility index (Phi) is 9.33. The number of carbonyl (C=O) groups is 1. The summed E-state index contributed by atoms with van der Waals surface area (Å²) in [6.07, 6.45) is -2.48. The Hall–Kier alpha value is -3.21. The maximum absolute atomic E-state index is 13.6. The topological polar surface area (TPSA) is 67.4 Å². The predicted molar refractivity (Wildman–Crippen MR) is 155 cm³/mol. The van der Waals surface area contributed by atoms with Crippen molar-refractivity contribution in [2.24, 2.45) is 5.73 Å². The Bertz CT molecular complexity index is 1450. The van der Waals surface area contributed by atoms with E-state index in [0.717, 1.165) is 54.8 Å². The number of amides is 1. The van der Waals surface area contributed by atoms with Gasteiger partial charge >= 0.3 is 6.18 Å². The van der Waals surface area contributed by atoms with Gasteiger partial charge < -0.3 is 10.6 Å². The minimum absolute atomic E-state index is 0.199. The van der Waals surface area contributed by atoms with Gasteiger partial charge in [0.2, 0.25) is 0 Å². The van der Waals surface area contributed by atoms with Crippen LogP contribution in [-0.2, 0) is 19.1 Å². The minimum Gasteiger partial charge on any atom is -0.365 e. The number of imidazole rings is 1. The molecule has 0 spiro atoms. The highest BCUT2D eigenvalue weighted by Crippen LogP contribution is 2.38. The third-order valence-corrected chi connectivity index (χ3v) is 8.39. The molecule has 0 bridgehead atoms. The Morgan fingerprint density at radius 3 is 2.45 bits per heavy atom. The molecule has 1 unspecified atom stereocenters. The van der Waals surface area contributed by atoms with Crippen LogP contribution in [0.15, 0.2) is 54.9 Å². The van der Waals surface area contributed by atoms with Crippen LogP contribution in [0, 0.1) is 0 Å². The lowest BCUT2D eigenvalue weighted by atomic mass is 9.90. The summed E-state index contributed by atoms with van der Waals surface area (Å²) in [7, 11) is 2.13. The largest absolute Gasteiger partial charge is 0.416 e. The van der Waals surface area contributed by atoms with Gasteiger partial charge in [-0.15, -0.1) is 11.3 Å². The molecule has 0 aliphatic carbocycles. The van der Waals surface area contributed by atoms with Crippen LogP contribution in [0.4, 0.5) is 13.2 Å². The van der Waals surface area contributed by atoms with Crippen LogP contribution >= 0.6 is 11.3 Å². The van der Waals surface area contributed by atoms with Crippen molar-refractivity contribution in [3.8, 4) is 5.00 Å². The Morgan fingerprint density at radius 2 is 1.77 bits per heavy atom. The number of rotatable bonds is 7. The lowest BCUT2D eigenvalue weighted by Gasteiger charge is -2.32. The van der Waals surface area contributed by atoms with Gasteiger partial charge in [0, 0.05) is 32.7 Å². The summed E-state index contributed by atoms with van der Waals surface area (Å²) < 4.78 is 42.7. The molecule has 1 fully saturated rings. The van der Waals surface area contributed by atoms with Crippen molar-refractivity contribution in [3.05, 3.63) is 82.0 Å². The van der Waals surface area contributed by atoms with Crippen LogP contribution in [0.5, 0.6) is 0 Å². The maximum Gasteiger partial charge on any atom is 0.416 e. The molecule has 40 heavy (non-hydrogen) atoms. The molecule has 214 valence electrons. The van der Waals surface area contributed by atoms with E-state index < -0.39 is 23.6 Å². The third-order valence-electron chi connectivity index (χ3n) is 7.19. The zero-order chi connectivity index (χ0) is 29.0. The van der Waals surface area contributed by atoms with E-state index >= 15 is 0 Å². The van der Waals surface area contributed by atoms with Crippen molar-refractivity contribution in [2.75, 3.05) is 33.2 Å². The van der Waals surface area contributed by atoms with Gasteiger partial charge in [0.25, 0.3) is 5.91 Å². The fraction of sp³-hybridized carbons (Fsp3) is 0.400. The highest BCUT2D eigenvalue weighted by Gasteiger charge is 2.34. The van der Waals surface area contributed by atoms with E-state index in [-0.39, 0.29) is 12.0 Å². The number of hydrogen-bond donors (Lipinski definition) is 1. The second-order valence-corrected chi connectivity index (χ2v) is 11.0. The molecule has 4 aromatic rings. The average Bonchev–Trinajstić information content (AvgIpc) is 3.54. The van der Waals surface area contributed by atoms with Crippen LogP contribution in [0.25, 0.3) is 16.0 Å². The molecule has 3 heterocycles. The van der Waals surface area contributed by atoms with Crippen LogP contribution < -0.4 is 5.73 Å². The quantitative estimate of drug-likeness (QED) is 0.282. The first-order valence-corrected chi connectivity index (χ1v) is 14.4. The summed E-state index contributed by atoms with van der Waals surface area (Å²) in [5, 5.41) is 0.754. The molecule has 5 rings (SSSR count). The van der Waals surface area contributed by atoms with E-state index in [2.05, 4.69) is 34.0 Å². The van der Waals surface area contributed by atoms with E-state index in [0.29, 0.717) is 10.4 Å². The number of thiophene rings is 1. The van der Waals surface area contributed by atoms with Gasteiger partial charge in [-0.3, -0.25) is 14.3 Å². The van der Waals surface area contributed by atoms with Crippen molar-refractivity contribution < 1.29 is 18.0 Å². The molecule has 2 N–H and O–H groups in total. The monoisotopic (exact) mass is 571 g/mol. The summed E-state index contributed by atoms with van der Waals surface area (Å²) >= 11 is 1.24. The van der Waals surface area contributed by atoms with Gasteiger partial charge in [-0.1, -0.05) is 45.0 Å². The molecule has 0 saturated carbocycles. The number of alkyl halides is 3. The normalized spacial score (nSPS) is 15.6. The average molecular weight is 572 g/mol. The lowest BCUT2D eigenvalue weighted by Crippen LogP contribution is -2.43. The number of primary amides is 1. The van der Waals surface area contributed by atoms with E-state index in [4.69, 9.17) is 5.73 Å². The van der Waals surface area contributed by atoms with Gasteiger partial charge in [-0.2, -0.15) is 13.2 Å². The van der Waals surface area contributed by atoms with E-state index in [1.807, 2.05) is 30.5 Å². The molecule has 2 aromatic carbocycles. The molecule has 10 heteroatoms. The first kappa shape index (κ1) is 29.8. The minimum atomic E-state index is -4.45. The second kappa shape index (κ2) is 12.5. The molecule has 1 amide bonds. The fourth-order valence-electron chi connectivity index (χ4n) is 5.11. The number of benzene rings is 2. The molecule has 1 aliphatic rings. The molecule has 1 aliphatic heterocycles. The van der Waals surface area contributed by atoms with Crippen molar-refractivity contribution >= 4 is 28.3 Å². The number of nitrogens with zero attached hydrogens (tertiary/aromatic N) is 4. The Balaban J connectivity index is 0.00000181. The lowest BCUT2D eigenvalue weighted by molar-refractivity contribution is -0.138. The number of piperazine rings is 1. The van der Waals surface area contributed by atoms with Gasteiger partial charge in [-0.25, -0.2) is 4.98 Å². The smallest absolute Gasteiger partial charge is 0.365 e. The zero-order valence-electron chi connectivity index (χ0n) is 23.3. The molecule has 6 nitrogen and oxygen atoms in total. The standard InChI is InChI=1S/C28H30F3N5OS.C2H6/c1-18(21-5-3-4-6-22(21)28(29,30)31)13-20-15-25(38-26(20)27(32)37)36-17-33-23-8-7-19(14-24(23)36)16-35-11-9-34(2)10-12-35;1-2/h3-8,14-15,17-18H,9-13,16H2,1-2H3,(H2,32,37);1-2H3. The molecule has 2 aromatic heterocycles. The van der Waals surface area contributed by atoms with E-state index in [1.165, 1.54) is 29.0 Å². The number of halogens is 3. The SMILES string of the molecule is CC.CC(Cc1cc(-n2cnc3ccc(CN4CCN(C)CC4)cc32)sc1C(N)=O)c1ccccc1C(F)(F)F. The molecule has 0 radical (unpaired) electrons. The second-order valence-electron chi connectivity index (χ2n) is 10.0. The third kappa shape index (κ3) is 6.56. The summed E-state index contributed by atoms with van der Waals surface area (Å²) in [5.41, 5.74) is 8.80. The van der Waals surface area contributed by atoms with E-state index in [1.54, 1.807) is 19.3 Å². The van der Waals surface area contributed by atoms with Gasteiger partial charge in [0.05, 0.1) is 21.5 Å². The van der Waals surface area contributed by atoms with Crippen LogP contribution in [0.1, 0.15) is 58.6 Å². The van der Waals surface area contributed by atoms with Gasteiger partial charge in [-0.05, 0) is 60.3 Å². The van der Waals surface area contributed by atoms with Crippen molar-refractivity contribution in [3.63, 3.8) is 0 Å². The number of aromatic nitrogens is 2.